The molecule has 0 aromatic heterocycles. The fourth-order valence-electron chi connectivity index (χ4n) is 1.34. The van der Waals surface area contributed by atoms with Crippen LogP contribution in [-0.4, -0.2) is 28.9 Å². The van der Waals surface area contributed by atoms with Gasteiger partial charge in [-0.1, -0.05) is 32.0 Å². The third-order valence-electron chi connectivity index (χ3n) is 2.68. The molecule has 0 aliphatic carbocycles. The highest BCUT2D eigenvalue weighted by Gasteiger charge is 2.16. The molecule has 1 rings (SSSR count). The number of carbonyl (C=O) groups is 1. The highest BCUT2D eigenvalue weighted by molar-refractivity contribution is 8.00. The Labute approximate surface area is 113 Å². The van der Waals surface area contributed by atoms with E-state index >= 15 is 0 Å². The molecule has 100 valence electrons. The molecule has 0 heterocycles. The summed E-state index contributed by atoms with van der Waals surface area (Å²) in [5, 5.41) is 12.2. The van der Waals surface area contributed by atoms with E-state index in [4.69, 9.17) is 0 Å². The van der Waals surface area contributed by atoms with Crippen LogP contribution < -0.4 is 5.32 Å². The fourth-order valence-corrected chi connectivity index (χ4v) is 2.25. The molecule has 0 aliphatic rings. The zero-order chi connectivity index (χ0) is 13.5. The molecule has 4 heteroatoms. The van der Waals surface area contributed by atoms with Crippen molar-refractivity contribution >= 4 is 17.7 Å². The Morgan fingerprint density at radius 2 is 1.89 bits per heavy atom. The fraction of sp³-hybridized carbons (Fsp3) is 0.500. The van der Waals surface area contributed by atoms with E-state index in [2.05, 4.69) is 5.32 Å². The highest BCUT2D eigenvalue weighted by Crippen LogP contribution is 2.22. The predicted octanol–water partition coefficient (Wildman–Crippen LogP) is 2.30. The summed E-state index contributed by atoms with van der Waals surface area (Å²) < 4.78 is 0. The highest BCUT2D eigenvalue weighted by atomic mass is 32.2. The largest absolute Gasteiger partial charge is 0.391 e. The summed E-state index contributed by atoms with van der Waals surface area (Å²) in [5.41, 5.74) is 0. The van der Waals surface area contributed by atoms with Gasteiger partial charge in [0.1, 0.15) is 0 Å². The predicted molar refractivity (Wildman–Crippen MR) is 75.6 cm³/mol. The minimum Gasteiger partial charge on any atom is -0.391 e. The van der Waals surface area contributed by atoms with Crippen molar-refractivity contribution in [3.8, 4) is 0 Å². The van der Waals surface area contributed by atoms with Crippen molar-refractivity contribution in [3.05, 3.63) is 30.3 Å². The Bertz CT molecular complexity index is 367. The van der Waals surface area contributed by atoms with Crippen molar-refractivity contribution in [2.24, 2.45) is 5.92 Å². The van der Waals surface area contributed by atoms with Crippen LogP contribution in [0.4, 0.5) is 0 Å². The Morgan fingerprint density at radius 1 is 1.28 bits per heavy atom. The van der Waals surface area contributed by atoms with E-state index in [1.807, 2.05) is 51.1 Å². The maximum atomic E-state index is 11.8. The lowest BCUT2D eigenvalue weighted by atomic mass is 10.1. The minimum absolute atomic E-state index is 0.0384. The van der Waals surface area contributed by atoms with Crippen LogP contribution in [0.25, 0.3) is 0 Å². The Kier molecular flexibility index (Phi) is 6.22. The molecule has 1 aromatic rings. The maximum Gasteiger partial charge on any atom is 0.233 e. The quantitative estimate of drug-likeness (QED) is 0.778. The first-order valence-electron chi connectivity index (χ1n) is 6.18. The first-order chi connectivity index (χ1) is 8.50. The van der Waals surface area contributed by atoms with E-state index in [1.54, 1.807) is 0 Å². The monoisotopic (exact) mass is 267 g/mol. The van der Waals surface area contributed by atoms with Crippen molar-refractivity contribution in [2.45, 2.75) is 37.0 Å². The number of benzene rings is 1. The summed E-state index contributed by atoms with van der Waals surface area (Å²) >= 11 is 1.52. The molecule has 0 saturated carbocycles. The molecule has 0 bridgehead atoms. The zero-order valence-corrected chi connectivity index (χ0v) is 11.9. The van der Waals surface area contributed by atoms with Gasteiger partial charge in [0, 0.05) is 11.4 Å². The maximum absolute atomic E-state index is 11.8. The van der Waals surface area contributed by atoms with Gasteiger partial charge in [-0.05, 0) is 25.0 Å². The molecule has 0 aliphatic heterocycles. The summed E-state index contributed by atoms with van der Waals surface area (Å²) in [6.45, 7) is 6.04. The van der Waals surface area contributed by atoms with Crippen molar-refractivity contribution in [3.63, 3.8) is 0 Å². The molecule has 0 saturated heterocycles. The summed E-state index contributed by atoms with van der Waals surface area (Å²) in [6, 6.07) is 9.83. The normalized spacial score (nSPS) is 14.3. The molecule has 2 atom stereocenters. The second-order valence-corrected chi connectivity index (χ2v) is 6.04. The van der Waals surface area contributed by atoms with E-state index in [9.17, 15) is 9.90 Å². The minimum atomic E-state index is -0.483. The lowest BCUT2D eigenvalue weighted by Gasteiger charge is -2.17. The van der Waals surface area contributed by atoms with Gasteiger partial charge in [0.25, 0.3) is 0 Å². The van der Waals surface area contributed by atoms with Gasteiger partial charge in [-0.2, -0.15) is 0 Å². The van der Waals surface area contributed by atoms with Gasteiger partial charge in [0.15, 0.2) is 0 Å². The van der Waals surface area contributed by atoms with Crippen molar-refractivity contribution < 1.29 is 9.90 Å². The Hall–Kier alpha value is -1.00. The van der Waals surface area contributed by atoms with Crippen LogP contribution in [0.15, 0.2) is 35.2 Å². The molecule has 1 aromatic carbocycles. The van der Waals surface area contributed by atoms with Crippen LogP contribution in [-0.2, 0) is 4.79 Å². The van der Waals surface area contributed by atoms with Crippen molar-refractivity contribution in [2.75, 3.05) is 6.54 Å². The molecular weight excluding hydrogens is 246 g/mol. The average molecular weight is 267 g/mol. The van der Waals surface area contributed by atoms with Crippen LogP contribution in [0.1, 0.15) is 20.8 Å². The number of rotatable bonds is 6. The SMILES string of the molecule is CC(Sc1ccccc1)C(=O)NCC(O)C(C)C. The Balaban J connectivity index is 2.38. The second-order valence-electron chi connectivity index (χ2n) is 4.63. The number of thioether (sulfide) groups is 1. The zero-order valence-electron chi connectivity index (χ0n) is 11.1. The van der Waals surface area contributed by atoms with Gasteiger partial charge < -0.3 is 10.4 Å². The van der Waals surface area contributed by atoms with Crippen LogP contribution in [0.2, 0.25) is 0 Å². The first-order valence-corrected chi connectivity index (χ1v) is 7.06. The summed E-state index contributed by atoms with van der Waals surface area (Å²) in [5.74, 6) is 0.117. The number of nitrogens with one attached hydrogen (secondary N) is 1. The summed E-state index contributed by atoms with van der Waals surface area (Å²) in [7, 11) is 0. The lowest BCUT2D eigenvalue weighted by molar-refractivity contribution is -0.120. The number of hydrogen-bond acceptors (Lipinski definition) is 3. The molecule has 1 amide bonds. The van der Waals surface area contributed by atoms with Gasteiger partial charge in [-0.3, -0.25) is 4.79 Å². The van der Waals surface area contributed by atoms with Gasteiger partial charge >= 0.3 is 0 Å². The van der Waals surface area contributed by atoms with Gasteiger partial charge in [0.05, 0.1) is 11.4 Å². The molecule has 18 heavy (non-hydrogen) atoms. The topological polar surface area (TPSA) is 49.3 Å². The Morgan fingerprint density at radius 3 is 2.44 bits per heavy atom. The number of aliphatic hydroxyl groups is 1. The number of amides is 1. The first kappa shape index (κ1) is 15.1. The summed E-state index contributed by atoms with van der Waals surface area (Å²) in [4.78, 5) is 12.9. The van der Waals surface area contributed by atoms with Gasteiger partial charge in [0.2, 0.25) is 5.91 Å². The lowest BCUT2D eigenvalue weighted by Crippen LogP contribution is -2.38. The molecule has 3 nitrogen and oxygen atoms in total. The number of carbonyl (C=O) groups excluding carboxylic acids is 1. The van der Waals surface area contributed by atoms with E-state index in [0.717, 1.165) is 4.90 Å². The van der Waals surface area contributed by atoms with Crippen LogP contribution in [0.5, 0.6) is 0 Å². The number of aliphatic hydroxyl groups excluding tert-OH is 1. The molecule has 2 unspecified atom stereocenters. The molecule has 0 fully saturated rings. The molecular formula is C14H21NO2S. The van der Waals surface area contributed by atoms with Crippen molar-refractivity contribution in [1.82, 2.24) is 5.32 Å². The smallest absolute Gasteiger partial charge is 0.233 e. The van der Waals surface area contributed by atoms with Gasteiger partial charge in [-0.25, -0.2) is 0 Å². The van der Waals surface area contributed by atoms with E-state index in [0.29, 0.717) is 6.54 Å². The average Bonchev–Trinajstić information content (AvgIpc) is 2.36. The second kappa shape index (κ2) is 7.44. The third kappa shape index (κ3) is 5.10. The van der Waals surface area contributed by atoms with Crippen molar-refractivity contribution in [1.29, 1.82) is 0 Å². The van der Waals surface area contributed by atoms with Crippen LogP contribution >= 0.6 is 11.8 Å². The van der Waals surface area contributed by atoms with E-state index in [1.165, 1.54) is 11.8 Å². The molecule has 2 N–H and O–H groups in total. The van der Waals surface area contributed by atoms with Crippen LogP contribution in [0, 0.1) is 5.92 Å². The standard InChI is InChI=1S/C14H21NO2S/c1-10(2)13(16)9-15-14(17)11(3)18-12-7-5-4-6-8-12/h4-8,10-11,13,16H,9H2,1-3H3,(H,15,17). The summed E-state index contributed by atoms with van der Waals surface area (Å²) in [6.07, 6.45) is -0.483. The third-order valence-corrected chi connectivity index (χ3v) is 3.79. The van der Waals surface area contributed by atoms with Crippen LogP contribution in [0.3, 0.4) is 0 Å². The van der Waals surface area contributed by atoms with E-state index < -0.39 is 6.10 Å². The van der Waals surface area contributed by atoms with Gasteiger partial charge in [-0.15, -0.1) is 11.8 Å². The number of hydrogen-bond donors (Lipinski definition) is 2. The van der Waals surface area contributed by atoms with E-state index in [-0.39, 0.29) is 17.1 Å². The molecule has 0 spiro atoms. The molecule has 0 radical (unpaired) electrons.